The fourth-order valence-electron chi connectivity index (χ4n) is 9.26. The average molecular weight is 1410 g/mol. The van der Waals surface area contributed by atoms with Gasteiger partial charge in [-0.15, -0.1) is 0 Å². The van der Waals surface area contributed by atoms with E-state index in [1.54, 1.807) is 9.80 Å². The molecule has 6 aromatic carbocycles. The number of hydrogen-bond acceptors (Lipinski definition) is 11. The van der Waals surface area contributed by atoms with E-state index in [1.807, 2.05) is 196 Å². The molecule has 2 amide bonds. The van der Waals surface area contributed by atoms with E-state index in [4.69, 9.17) is 20.9 Å². The second kappa shape index (κ2) is 42.9. The van der Waals surface area contributed by atoms with Crippen LogP contribution in [0.5, 0.6) is 0 Å². The molecule has 8 rings (SSSR count). The topological polar surface area (TPSA) is 158 Å². The molecular weight excluding hydrogens is 1330 g/mol. The van der Waals surface area contributed by atoms with Crippen LogP contribution in [0.25, 0.3) is 0 Å². The zero-order valence-corrected chi connectivity index (χ0v) is 61.1. The summed E-state index contributed by atoms with van der Waals surface area (Å²) in [4.78, 5) is 69.8. The first-order valence-corrected chi connectivity index (χ1v) is 26.7. The standard InChI is InChI=1S/C31H32N2O3.C22H26N2O3.C9H7Br.CH3F.CH2O3.2Cs.H/c1-32(21-12-15-24-13-6-3-7-14-24)27-20-22-33(28(23-27)31(35)36-2)30(34)29(25-16-8-4-9-17-25)26-18-10-5-11-19-26;1-23-18-13-14-24(19(15-18)22(26)27-2)21(25)20(16-9-5-3-6-10-16)17-11-7-4-8-12-17;10-8-4-7-9-5-2-1-3-6-9;1-2;2-1-4-3;;;/h3-11,13-14,16-19,27-29H,20-23H2,1-2H3;3-12,18-20,23H,13-15H2,1-2H3;1-3,5-6H,8H2;1H3;1,3H;;;/q;;;;;2*+1;-1/p-1/t27-,28-;18-,19-;;;;;;/m00....../s1/i;;;1D;;;;. The molecule has 0 saturated carbocycles. The summed E-state index contributed by atoms with van der Waals surface area (Å²) in [6.45, 7) is 1.41. The van der Waals surface area contributed by atoms with Crippen molar-refractivity contribution in [2.75, 3.05) is 60.4 Å². The second-order valence-electron chi connectivity index (χ2n) is 17.9. The van der Waals surface area contributed by atoms with Crippen LogP contribution in [0, 0.1) is 23.7 Å². The predicted molar refractivity (Wildman–Crippen MR) is 308 cm³/mol. The van der Waals surface area contributed by atoms with Crippen LogP contribution >= 0.6 is 15.9 Å². The third-order valence-electron chi connectivity index (χ3n) is 13.2. The summed E-state index contributed by atoms with van der Waals surface area (Å²) in [7, 11) is 5.66. The van der Waals surface area contributed by atoms with Gasteiger partial charge < -0.3 is 36.2 Å². The van der Waals surface area contributed by atoms with Crippen molar-refractivity contribution in [3.8, 4) is 23.7 Å². The average Bonchev–Trinajstić information content (AvgIpc) is 3.55. The van der Waals surface area contributed by atoms with Crippen LogP contribution in [0.3, 0.4) is 0 Å². The Morgan fingerprint density at radius 2 is 1.00 bits per heavy atom. The van der Waals surface area contributed by atoms with Gasteiger partial charge in [0.15, 0.2) is 0 Å². The molecule has 2 saturated heterocycles. The first-order valence-electron chi connectivity index (χ1n) is 26.3. The number of rotatable bonds is 12. The molecule has 2 heterocycles. The van der Waals surface area contributed by atoms with Gasteiger partial charge in [-0.3, -0.25) is 23.7 Å². The molecule has 1 N–H and O–H groups in total. The van der Waals surface area contributed by atoms with E-state index in [1.165, 1.54) is 14.2 Å². The normalized spacial score (nSPS) is 15.8. The van der Waals surface area contributed by atoms with Crippen molar-refractivity contribution < 1.29 is 189 Å². The molecule has 4 atom stereocenters. The van der Waals surface area contributed by atoms with E-state index in [0.717, 1.165) is 51.6 Å². The molecule has 0 spiro atoms. The van der Waals surface area contributed by atoms with E-state index in [0.29, 0.717) is 32.5 Å². The van der Waals surface area contributed by atoms with Crippen molar-refractivity contribution in [1.29, 1.82) is 0 Å². The maximum Gasteiger partial charge on any atom is 1.00 e. The summed E-state index contributed by atoms with van der Waals surface area (Å²) in [5.74, 6) is 10.6. The number of nitrogens with one attached hydrogen (secondary N) is 1. The summed E-state index contributed by atoms with van der Waals surface area (Å²) in [6.07, 6.45) is 2.65. The van der Waals surface area contributed by atoms with Crippen molar-refractivity contribution >= 4 is 46.2 Å². The summed E-state index contributed by atoms with van der Waals surface area (Å²) in [5, 5.41) is 12.4. The number of carbonyl (C=O) groups excluding carboxylic acids is 5. The van der Waals surface area contributed by atoms with E-state index < -0.39 is 31.1 Å². The summed E-state index contributed by atoms with van der Waals surface area (Å²) < 4.78 is 25.6. The Labute approximate surface area is 606 Å². The van der Waals surface area contributed by atoms with Crippen LogP contribution < -0.4 is 148 Å². The third kappa shape index (κ3) is 24.4. The fourth-order valence-corrected chi connectivity index (χ4v) is 9.40. The molecule has 13 nitrogen and oxygen atoms in total. The molecular formula is C64H70BrCs2FN4O9. The zero-order valence-electron chi connectivity index (χ0n) is 49.0. The molecule has 6 aromatic rings. The van der Waals surface area contributed by atoms with E-state index >= 15 is 0 Å². The second-order valence-corrected chi connectivity index (χ2v) is 18.5. The van der Waals surface area contributed by atoms with Crippen LogP contribution in [-0.2, 0) is 38.3 Å². The minimum Gasteiger partial charge on any atom is -1.00 e. The SMILES string of the molecule is BrCC#Cc1ccccc1.CN[C@H]1CCN(C(=O)C(c2ccccc2)c2ccccc2)[C@H](C(=O)OC)C1.COC(=O)[C@@H]1C[C@@H](N(C)CC#Cc2ccccc2)CCN1C(=O)C(c1ccccc1)c1ccccc1.O=CO[O-].[2H]CF.[Cs+].[Cs+].[H-]. The maximum absolute atomic E-state index is 14.0. The quantitative estimate of drug-likeness (QED) is 0.0480. The number of alkyl halides is 2. The van der Waals surface area contributed by atoms with Crippen molar-refractivity contribution in [3.63, 3.8) is 0 Å². The minimum atomic E-state index is -1.00. The first-order chi connectivity index (χ1) is 39.0. The number of benzene rings is 6. The molecule has 0 bridgehead atoms. The molecule has 2 fully saturated rings. The summed E-state index contributed by atoms with van der Waals surface area (Å²) in [6, 6.07) is 57.9. The monoisotopic (exact) mass is 1400 g/mol. The van der Waals surface area contributed by atoms with E-state index in [-0.39, 0.29) is 182 Å². The number of piperidine rings is 2. The molecule has 17 heteroatoms. The van der Waals surface area contributed by atoms with Gasteiger partial charge in [-0.05, 0) is 86.3 Å². The van der Waals surface area contributed by atoms with Crippen LogP contribution in [-0.4, -0.2) is 130 Å². The number of halogens is 2. The fraction of sp³-hybridized carbons (Fsp3) is 0.297. The van der Waals surface area contributed by atoms with Crippen LogP contribution in [0.1, 0.15) is 73.7 Å². The molecule has 0 aromatic heterocycles. The Bertz CT molecular complexity index is 2820. The molecule has 2 aliphatic rings. The van der Waals surface area contributed by atoms with Crippen LogP contribution in [0.2, 0.25) is 0 Å². The molecule has 81 heavy (non-hydrogen) atoms. The van der Waals surface area contributed by atoms with Gasteiger partial charge in [0.05, 0.1) is 46.5 Å². The number of amides is 2. The molecule has 416 valence electrons. The maximum atomic E-state index is 14.0. The number of hydrogen-bond donors (Lipinski definition) is 1. The van der Waals surface area contributed by atoms with Crippen molar-refractivity contribution in [1.82, 2.24) is 20.0 Å². The Balaban J connectivity index is 0.000000642. The minimum absolute atomic E-state index is 0. The summed E-state index contributed by atoms with van der Waals surface area (Å²) in [5.41, 5.74) is 5.72. The van der Waals surface area contributed by atoms with Gasteiger partial charge in [0.25, 0.3) is 6.47 Å². The van der Waals surface area contributed by atoms with E-state index in [2.05, 4.69) is 54.7 Å². The van der Waals surface area contributed by atoms with Gasteiger partial charge in [-0.2, -0.15) is 0 Å². The number of likely N-dealkylation sites (tertiary alicyclic amines) is 2. The first kappa shape index (κ1) is 71.4. The number of esters is 2. The van der Waals surface area contributed by atoms with Gasteiger partial charge in [0.1, 0.15) is 12.1 Å². The largest absolute Gasteiger partial charge is 1.00 e. The van der Waals surface area contributed by atoms with Gasteiger partial charge in [-0.1, -0.05) is 197 Å². The number of methoxy groups -OCH3 is 2. The van der Waals surface area contributed by atoms with Crippen LogP contribution in [0.15, 0.2) is 182 Å². The smallest absolute Gasteiger partial charge is 1.00 e. The Morgan fingerprint density at radius 1 is 0.667 bits per heavy atom. The van der Waals surface area contributed by atoms with E-state index in [9.17, 15) is 23.6 Å². The molecule has 0 radical (unpaired) electrons. The van der Waals surface area contributed by atoms with Gasteiger partial charge in [-0.25, -0.2) is 9.59 Å². The predicted octanol–water partition coefficient (Wildman–Crippen LogP) is 2.48. The Hall–Kier alpha value is -3.82. The third-order valence-corrected chi connectivity index (χ3v) is 13.5. The molecule has 2 aliphatic heterocycles. The molecule has 0 unspecified atom stereocenters. The number of ether oxygens (including phenoxy) is 2. The Morgan fingerprint density at radius 3 is 1.33 bits per heavy atom. The molecule has 0 aliphatic carbocycles. The number of nitrogens with zero attached hydrogens (tertiary/aromatic N) is 3. The Kier molecular flexibility index (Phi) is 37.8. The van der Waals surface area contributed by atoms with Gasteiger partial charge in [0, 0.05) is 36.3 Å². The van der Waals surface area contributed by atoms with Crippen molar-refractivity contribution in [3.05, 3.63) is 215 Å². The van der Waals surface area contributed by atoms with Crippen molar-refractivity contribution in [2.24, 2.45) is 0 Å². The van der Waals surface area contributed by atoms with Gasteiger partial charge >= 0.3 is 150 Å². The van der Waals surface area contributed by atoms with Gasteiger partial charge in [0.2, 0.25) is 11.8 Å². The number of carbonyl (C=O) groups is 5. The van der Waals surface area contributed by atoms with Crippen LogP contribution in [0.4, 0.5) is 4.39 Å². The summed E-state index contributed by atoms with van der Waals surface area (Å²) >= 11 is 3.23. The van der Waals surface area contributed by atoms with Crippen molar-refractivity contribution in [2.45, 2.75) is 61.7 Å². The zero-order chi connectivity index (χ0) is 57.9.